The maximum absolute atomic E-state index is 8.52. The molecule has 0 radical (unpaired) electrons. The minimum Gasteiger partial charge on any atom is -0.410 e. The Labute approximate surface area is 92.8 Å². The lowest BCUT2D eigenvalue weighted by Crippen LogP contribution is -1.95. The van der Waals surface area contributed by atoms with Crippen LogP contribution in [-0.4, -0.2) is 10.4 Å². The second kappa shape index (κ2) is 4.32. The minimum atomic E-state index is 0.200. The third-order valence-corrected chi connectivity index (χ3v) is 2.53. The van der Waals surface area contributed by atoms with Crippen LogP contribution in [0.2, 0.25) is 0 Å². The highest BCUT2D eigenvalue weighted by molar-refractivity contribution is 6.65. The van der Waals surface area contributed by atoms with Crippen LogP contribution in [0.5, 0.6) is 0 Å². The molecule has 0 unspecified atom stereocenters. The van der Waals surface area contributed by atoms with Crippen molar-refractivity contribution in [3.63, 3.8) is 0 Å². The van der Waals surface area contributed by atoms with Crippen LogP contribution in [-0.2, 0) is 6.42 Å². The quantitative estimate of drug-likeness (QED) is 0.469. The first-order valence-electron chi connectivity index (χ1n) is 4.64. The largest absolute Gasteiger partial charge is 0.410 e. The van der Waals surface area contributed by atoms with Gasteiger partial charge in [0, 0.05) is 6.42 Å². The fraction of sp³-hybridized carbons (Fsp3) is 0.0833. The van der Waals surface area contributed by atoms with E-state index in [9.17, 15) is 0 Å². The van der Waals surface area contributed by atoms with E-state index in [0.717, 1.165) is 16.3 Å². The van der Waals surface area contributed by atoms with Crippen LogP contribution in [0, 0.1) is 0 Å². The number of rotatable bonds is 2. The molecule has 2 aromatic rings. The molecule has 0 saturated heterocycles. The standard InChI is InChI=1S/C12H10ClNO/c13-12(14-15)8-10-6-3-5-9-4-1-2-7-11(9)10/h1-7,15H,8H2. The second-order valence-electron chi connectivity index (χ2n) is 3.29. The summed E-state index contributed by atoms with van der Waals surface area (Å²) in [5.41, 5.74) is 1.07. The van der Waals surface area contributed by atoms with E-state index in [2.05, 4.69) is 5.16 Å². The normalized spacial score (nSPS) is 11.9. The zero-order valence-corrected chi connectivity index (χ0v) is 8.78. The molecule has 2 rings (SSSR count). The van der Waals surface area contributed by atoms with Crippen LogP contribution in [0.4, 0.5) is 0 Å². The van der Waals surface area contributed by atoms with E-state index in [1.165, 1.54) is 0 Å². The monoisotopic (exact) mass is 219 g/mol. The topological polar surface area (TPSA) is 32.6 Å². The molecule has 15 heavy (non-hydrogen) atoms. The summed E-state index contributed by atoms with van der Waals surface area (Å²) in [6.45, 7) is 0. The van der Waals surface area contributed by atoms with E-state index in [4.69, 9.17) is 16.8 Å². The molecule has 0 aliphatic carbocycles. The van der Waals surface area contributed by atoms with E-state index < -0.39 is 0 Å². The average molecular weight is 220 g/mol. The van der Waals surface area contributed by atoms with Crippen LogP contribution >= 0.6 is 11.6 Å². The molecule has 1 N–H and O–H groups in total. The second-order valence-corrected chi connectivity index (χ2v) is 3.73. The minimum absolute atomic E-state index is 0.200. The number of hydrogen-bond acceptors (Lipinski definition) is 2. The van der Waals surface area contributed by atoms with Gasteiger partial charge in [-0.05, 0) is 16.3 Å². The van der Waals surface area contributed by atoms with Gasteiger partial charge in [-0.15, -0.1) is 0 Å². The fourth-order valence-electron chi connectivity index (χ4n) is 1.64. The highest BCUT2D eigenvalue weighted by Crippen LogP contribution is 2.19. The summed E-state index contributed by atoms with van der Waals surface area (Å²) in [6, 6.07) is 14.1. The molecule has 0 heterocycles. The maximum atomic E-state index is 8.52. The first kappa shape index (κ1) is 9.99. The van der Waals surface area contributed by atoms with Crippen molar-refractivity contribution in [1.29, 1.82) is 0 Å². The van der Waals surface area contributed by atoms with Gasteiger partial charge in [0.25, 0.3) is 0 Å². The van der Waals surface area contributed by atoms with Crippen LogP contribution in [0.15, 0.2) is 47.6 Å². The fourth-order valence-corrected chi connectivity index (χ4v) is 1.78. The molecule has 0 fully saturated rings. The third kappa shape index (κ3) is 2.10. The van der Waals surface area contributed by atoms with Crippen LogP contribution in [0.1, 0.15) is 5.56 Å². The number of oxime groups is 1. The summed E-state index contributed by atoms with van der Waals surface area (Å²) < 4.78 is 0. The Morgan fingerprint density at radius 2 is 1.87 bits per heavy atom. The lowest BCUT2D eigenvalue weighted by molar-refractivity contribution is 0.319. The van der Waals surface area contributed by atoms with Crippen molar-refractivity contribution in [3.05, 3.63) is 48.0 Å². The lowest BCUT2D eigenvalue weighted by Gasteiger charge is -2.04. The van der Waals surface area contributed by atoms with Gasteiger partial charge in [0.05, 0.1) is 0 Å². The molecule has 0 spiro atoms. The number of fused-ring (bicyclic) bond motifs is 1. The van der Waals surface area contributed by atoms with E-state index >= 15 is 0 Å². The molecule has 0 atom stereocenters. The van der Waals surface area contributed by atoms with Gasteiger partial charge in [-0.3, -0.25) is 0 Å². The summed E-state index contributed by atoms with van der Waals surface area (Å²) >= 11 is 5.70. The van der Waals surface area contributed by atoms with Gasteiger partial charge in [0.1, 0.15) is 5.17 Å². The van der Waals surface area contributed by atoms with Crippen molar-refractivity contribution < 1.29 is 5.21 Å². The Hall–Kier alpha value is -1.54. The summed E-state index contributed by atoms with van der Waals surface area (Å²) in [5, 5.41) is 14.0. The molecule has 76 valence electrons. The van der Waals surface area contributed by atoms with Crippen molar-refractivity contribution in [1.82, 2.24) is 0 Å². The first-order chi connectivity index (χ1) is 7.31. The van der Waals surface area contributed by atoms with E-state index in [0.29, 0.717) is 6.42 Å². The van der Waals surface area contributed by atoms with E-state index in [-0.39, 0.29) is 5.17 Å². The van der Waals surface area contributed by atoms with Crippen LogP contribution in [0.25, 0.3) is 10.8 Å². The maximum Gasteiger partial charge on any atom is 0.149 e. The lowest BCUT2D eigenvalue weighted by atomic mass is 10.0. The summed E-state index contributed by atoms with van der Waals surface area (Å²) in [7, 11) is 0. The number of hydrogen-bond donors (Lipinski definition) is 1. The van der Waals surface area contributed by atoms with Crippen LogP contribution < -0.4 is 0 Å². The Kier molecular flexibility index (Phi) is 2.88. The zero-order valence-electron chi connectivity index (χ0n) is 8.02. The predicted molar refractivity (Wildman–Crippen MR) is 62.7 cm³/mol. The molecular formula is C12H10ClNO. The van der Waals surface area contributed by atoms with Crippen molar-refractivity contribution in [2.24, 2.45) is 5.16 Å². The Morgan fingerprint density at radius 3 is 2.67 bits per heavy atom. The molecule has 0 bridgehead atoms. The first-order valence-corrected chi connectivity index (χ1v) is 5.02. The predicted octanol–water partition coefficient (Wildman–Crippen LogP) is 3.41. The molecule has 0 aliphatic heterocycles. The zero-order chi connectivity index (χ0) is 10.7. The Bertz CT molecular complexity index is 502. The van der Waals surface area contributed by atoms with Gasteiger partial charge >= 0.3 is 0 Å². The Morgan fingerprint density at radius 1 is 1.13 bits per heavy atom. The molecule has 0 aromatic heterocycles. The number of benzene rings is 2. The van der Waals surface area contributed by atoms with E-state index in [1.807, 2.05) is 42.5 Å². The van der Waals surface area contributed by atoms with Gasteiger partial charge in [-0.1, -0.05) is 59.2 Å². The van der Waals surface area contributed by atoms with Crippen molar-refractivity contribution in [3.8, 4) is 0 Å². The molecule has 0 aliphatic rings. The summed E-state index contributed by atoms with van der Waals surface area (Å²) in [6.07, 6.45) is 0.458. The van der Waals surface area contributed by atoms with Gasteiger partial charge in [0.2, 0.25) is 0 Å². The molecule has 0 saturated carbocycles. The summed E-state index contributed by atoms with van der Waals surface area (Å²) in [5.74, 6) is 0. The van der Waals surface area contributed by atoms with Crippen LogP contribution in [0.3, 0.4) is 0 Å². The van der Waals surface area contributed by atoms with Crippen molar-refractivity contribution >= 4 is 27.5 Å². The molecule has 2 aromatic carbocycles. The number of halogens is 1. The molecule has 2 nitrogen and oxygen atoms in total. The van der Waals surface area contributed by atoms with Gasteiger partial charge < -0.3 is 5.21 Å². The Balaban J connectivity index is 2.51. The SMILES string of the molecule is ON=C(Cl)Cc1cccc2ccccc12. The van der Waals surface area contributed by atoms with Crippen molar-refractivity contribution in [2.45, 2.75) is 6.42 Å². The number of nitrogens with zero attached hydrogens (tertiary/aromatic N) is 1. The molecule has 0 amide bonds. The van der Waals surface area contributed by atoms with E-state index in [1.54, 1.807) is 0 Å². The summed E-state index contributed by atoms with van der Waals surface area (Å²) in [4.78, 5) is 0. The smallest absolute Gasteiger partial charge is 0.149 e. The molecule has 3 heteroatoms. The van der Waals surface area contributed by atoms with Gasteiger partial charge in [0.15, 0.2) is 0 Å². The highest BCUT2D eigenvalue weighted by Gasteiger charge is 2.02. The van der Waals surface area contributed by atoms with Gasteiger partial charge in [-0.25, -0.2) is 0 Å². The third-order valence-electron chi connectivity index (χ3n) is 2.32. The average Bonchev–Trinajstić information content (AvgIpc) is 2.29. The van der Waals surface area contributed by atoms with Gasteiger partial charge in [-0.2, -0.15) is 0 Å². The van der Waals surface area contributed by atoms with Crippen molar-refractivity contribution in [2.75, 3.05) is 0 Å². The highest BCUT2D eigenvalue weighted by atomic mass is 35.5. The molecular weight excluding hydrogens is 210 g/mol.